The number of hydrogen-bond donors (Lipinski definition) is 1. The standard InChI is InChI=1S/C23H27NO5.ClH/c1-3-5-21(25)29-22-13-10-18-14-19(11-12-20(18)28-22)27-15-16-6-8-17(9-7-16)23(24)26-4-2;/h6-9,11-12,14,22,24H,3-5,10,13,15H2,1-2H3;1H. The summed E-state index contributed by atoms with van der Waals surface area (Å²) in [6, 6.07) is 13.3. The molecule has 0 saturated carbocycles. The summed E-state index contributed by atoms with van der Waals surface area (Å²) in [6.07, 6.45) is 2.07. The fourth-order valence-corrected chi connectivity index (χ4v) is 3.07. The van der Waals surface area contributed by atoms with Crippen LogP contribution in [-0.4, -0.2) is 24.8 Å². The first-order valence-electron chi connectivity index (χ1n) is 10.0. The molecule has 0 radical (unpaired) electrons. The molecule has 1 atom stereocenters. The first kappa shape index (κ1) is 23.5. The van der Waals surface area contributed by atoms with Crippen LogP contribution >= 0.6 is 12.4 Å². The number of esters is 1. The first-order valence-corrected chi connectivity index (χ1v) is 10.0. The largest absolute Gasteiger partial charge is 0.489 e. The van der Waals surface area contributed by atoms with Crippen LogP contribution in [0.1, 0.15) is 49.8 Å². The van der Waals surface area contributed by atoms with Gasteiger partial charge in [-0.1, -0.05) is 19.1 Å². The molecule has 30 heavy (non-hydrogen) atoms. The zero-order valence-corrected chi connectivity index (χ0v) is 18.1. The number of carbonyl (C=O) groups excluding carboxylic acids is 1. The number of rotatable bonds is 8. The smallest absolute Gasteiger partial charge is 0.308 e. The molecular formula is C23H28ClNO5. The quantitative estimate of drug-likeness (QED) is 0.358. The van der Waals surface area contributed by atoms with Crippen LogP contribution in [0, 0.1) is 5.41 Å². The second kappa shape index (κ2) is 11.5. The molecule has 0 fully saturated rings. The summed E-state index contributed by atoms with van der Waals surface area (Å²) in [6.45, 7) is 4.71. The third-order valence-corrected chi connectivity index (χ3v) is 4.57. The summed E-state index contributed by atoms with van der Waals surface area (Å²) >= 11 is 0. The third-order valence-electron chi connectivity index (χ3n) is 4.57. The van der Waals surface area contributed by atoms with E-state index in [1.54, 1.807) is 0 Å². The Balaban J connectivity index is 0.00000320. The normalized spacial score (nSPS) is 14.5. The van der Waals surface area contributed by atoms with Crippen molar-refractivity contribution in [3.8, 4) is 11.5 Å². The van der Waals surface area contributed by atoms with Gasteiger partial charge in [0.05, 0.1) is 6.61 Å². The highest BCUT2D eigenvalue weighted by molar-refractivity contribution is 5.91. The predicted molar refractivity (Wildman–Crippen MR) is 117 cm³/mol. The molecule has 0 amide bonds. The average molecular weight is 434 g/mol. The molecule has 0 aromatic heterocycles. The molecule has 1 heterocycles. The predicted octanol–water partition coefficient (Wildman–Crippen LogP) is 5.04. The number of halogens is 1. The molecule has 3 rings (SSSR count). The van der Waals surface area contributed by atoms with Crippen molar-refractivity contribution in [1.29, 1.82) is 5.41 Å². The van der Waals surface area contributed by atoms with Gasteiger partial charge in [0.1, 0.15) is 18.1 Å². The minimum Gasteiger partial charge on any atom is -0.489 e. The topological polar surface area (TPSA) is 77.8 Å². The van der Waals surface area contributed by atoms with Gasteiger partial charge in [-0.2, -0.15) is 0 Å². The molecule has 162 valence electrons. The van der Waals surface area contributed by atoms with Gasteiger partial charge in [0.2, 0.25) is 12.2 Å². The molecule has 1 aliphatic rings. The summed E-state index contributed by atoms with van der Waals surface area (Å²) in [5.41, 5.74) is 2.80. The van der Waals surface area contributed by atoms with Crippen LogP contribution in [0.15, 0.2) is 42.5 Å². The first-order chi connectivity index (χ1) is 14.1. The van der Waals surface area contributed by atoms with Gasteiger partial charge in [-0.3, -0.25) is 10.2 Å². The molecule has 2 aromatic carbocycles. The lowest BCUT2D eigenvalue weighted by Crippen LogP contribution is -2.28. The van der Waals surface area contributed by atoms with Crippen molar-refractivity contribution in [2.75, 3.05) is 6.61 Å². The summed E-state index contributed by atoms with van der Waals surface area (Å²) < 4.78 is 22.2. The van der Waals surface area contributed by atoms with E-state index in [2.05, 4.69) is 0 Å². The van der Waals surface area contributed by atoms with Gasteiger partial charge >= 0.3 is 5.97 Å². The minimum atomic E-state index is -0.512. The molecule has 7 heteroatoms. The average Bonchev–Trinajstić information content (AvgIpc) is 2.73. The molecule has 0 saturated heterocycles. The molecule has 1 aliphatic heterocycles. The van der Waals surface area contributed by atoms with E-state index in [9.17, 15) is 4.79 Å². The summed E-state index contributed by atoms with van der Waals surface area (Å²) in [4.78, 5) is 11.6. The molecule has 1 unspecified atom stereocenters. The summed E-state index contributed by atoms with van der Waals surface area (Å²) in [5, 5.41) is 7.80. The number of ether oxygens (including phenoxy) is 4. The van der Waals surface area contributed by atoms with Gasteiger partial charge in [-0.25, -0.2) is 0 Å². The molecule has 0 spiro atoms. The Labute approximate surface area is 183 Å². The van der Waals surface area contributed by atoms with E-state index < -0.39 is 6.29 Å². The lowest BCUT2D eigenvalue weighted by molar-refractivity contribution is -0.165. The Morgan fingerprint density at radius 1 is 1.17 bits per heavy atom. The van der Waals surface area contributed by atoms with E-state index in [4.69, 9.17) is 24.4 Å². The summed E-state index contributed by atoms with van der Waals surface area (Å²) in [5.74, 6) is 1.45. The van der Waals surface area contributed by atoms with Crippen molar-refractivity contribution in [3.63, 3.8) is 0 Å². The number of fused-ring (bicyclic) bond motifs is 1. The van der Waals surface area contributed by atoms with Crippen molar-refractivity contribution in [3.05, 3.63) is 59.2 Å². The maximum atomic E-state index is 11.6. The Kier molecular flexibility index (Phi) is 8.99. The number of carbonyl (C=O) groups is 1. The Morgan fingerprint density at radius 3 is 2.63 bits per heavy atom. The van der Waals surface area contributed by atoms with E-state index >= 15 is 0 Å². The lowest BCUT2D eigenvalue weighted by Gasteiger charge is -2.26. The highest BCUT2D eigenvalue weighted by atomic mass is 35.5. The fourth-order valence-electron chi connectivity index (χ4n) is 3.07. The number of hydrogen-bond acceptors (Lipinski definition) is 6. The Morgan fingerprint density at radius 2 is 1.93 bits per heavy atom. The van der Waals surface area contributed by atoms with E-state index in [1.165, 1.54) is 0 Å². The highest BCUT2D eigenvalue weighted by Gasteiger charge is 2.23. The maximum absolute atomic E-state index is 11.6. The van der Waals surface area contributed by atoms with Crippen LogP contribution < -0.4 is 9.47 Å². The molecule has 2 aromatic rings. The summed E-state index contributed by atoms with van der Waals surface area (Å²) in [7, 11) is 0. The zero-order valence-electron chi connectivity index (χ0n) is 17.3. The Bertz CT molecular complexity index is 853. The second-order valence-electron chi connectivity index (χ2n) is 6.84. The molecular weight excluding hydrogens is 406 g/mol. The van der Waals surface area contributed by atoms with Crippen LogP contribution in [0.3, 0.4) is 0 Å². The Hall–Kier alpha value is -2.73. The number of benzene rings is 2. The second-order valence-corrected chi connectivity index (χ2v) is 6.84. The molecule has 6 nitrogen and oxygen atoms in total. The SMILES string of the molecule is CCCC(=O)OC1CCc2cc(OCc3ccc(C(=N)OCC)cc3)ccc2O1.Cl. The molecule has 0 aliphatic carbocycles. The minimum absolute atomic E-state index is 0. The van der Waals surface area contributed by atoms with Crippen LogP contribution in [0.4, 0.5) is 0 Å². The molecule has 1 N–H and O–H groups in total. The fraction of sp³-hybridized carbons (Fsp3) is 0.391. The lowest BCUT2D eigenvalue weighted by atomic mass is 10.1. The molecule has 0 bridgehead atoms. The monoisotopic (exact) mass is 433 g/mol. The van der Waals surface area contributed by atoms with Crippen LogP contribution in [0.2, 0.25) is 0 Å². The van der Waals surface area contributed by atoms with Gasteiger partial charge in [0.25, 0.3) is 0 Å². The van der Waals surface area contributed by atoms with Gasteiger partial charge in [-0.15, -0.1) is 12.4 Å². The van der Waals surface area contributed by atoms with E-state index in [0.717, 1.165) is 41.0 Å². The van der Waals surface area contributed by atoms with E-state index in [1.807, 2.05) is 56.3 Å². The van der Waals surface area contributed by atoms with Crippen LogP contribution in [0.5, 0.6) is 11.5 Å². The van der Waals surface area contributed by atoms with Gasteiger partial charge in [0.15, 0.2) is 0 Å². The van der Waals surface area contributed by atoms with Crippen molar-refractivity contribution in [2.24, 2.45) is 0 Å². The maximum Gasteiger partial charge on any atom is 0.308 e. The van der Waals surface area contributed by atoms with Gasteiger partial charge in [-0.05, 0) is 61.2 Å². The van der Waals surface area contributed by atoms with Crippen LogP contribution in [0.25, 0.3) is 0 Å². The zero-order chi connectivity index (χ0) is 20.6. The van der Waals surface area contributed by atoms with Gasteiger partial charge in [0, 0.05) is 18.4 Å². The van der Waals surface area contributed by atoms with Crippen molar-refractivity contribution in [1.82, 2.24) is 0 Å². The van der Waals surface area contributed by atoms with Crippen LogP contribution in [-0.2, 0) is 27.3 Å². The van der Waals surface area contributed by atoms with Crippen molar-refractivity contribution < 1.29 is 23.7 Å². The van der Waals surface area contributed by atoms with Crippen molar-refractivity contribution >= 4 is 24.3 Å². The number of aryl methyl sites for hydroxylation is 1. The van der Waals surface area contributed by atoms with Crippen molar-refractivity contribution in [2.45, 2.75) is 52.4 Å². The number of nitrogens with one attached hydrogen (secondary N) is 1. The third kappa shape index (κ3) is 6.39. The highest BCUT2D eigenvalue weighted by Crippen LogP contribution is 2.31. The van der Waals surface area contributed by atoms with E-state index in [-0.39, 0.29) is 24.3 Å². The van der Waals surface area contributed by atoms with Gasteiger partial charge < -0.3 is 18.9 Å². The van der Waals surface area contributed by atoms with E-state index in [0.29, 0.717) is 26.1 Å².